The van der Waals surface area contributed by atoms with Gasteiger partial charge in [-0.05, 0) is 24.3 Å². The van der Waals surface area contributed by atoms with Crippen molar-refractivity contribution in [2.75, 3.05) is 69.1 Å². The molecule has 2 fully saturated rings. The number of halogens is 6. The van der Waals surface area contributed by atoms with Crippen LogP contribution in [-0.2, 0) is 6.54 Å². The van der Waals surface area contributed by atoms with Crippen LogP contribution in [0.2, 0.25) is 5.02 Å². The number of carbonyl (C=O) groups is 3. The predicted molar refractivity (Wildman–Crippen MR) is 150 cm³/mol. The smallest absolute Gasteiger partial charge is 0.367 e. The molecule has 234 valence electrons. The minimum atomic E-state index is -4.24. The molecule has 0 aliphatic carbocycles. The second-order valence-corrected chi connectivity index (χ2v) is 10.6. The molecule has 4 N–H and O–H groups in total. The lowest BCUT2D eigenvalue weighted by molar-refractivity contribution is -0.138. The molecule has 16 heteroatoms. The summed E-state index contributed by atoms with van der Waals surface area (Å²) in [4.78, 5) is 43.0. The summed E-state index contributed by atoms with van der Waals surface area (Å²) in [6.07, 6.45) is -5.15. The summed E-state index contributed by atoms with van der Waals surface area (Å²) >= 11 is 6.16. The highest BCUT2D eigenvalue weighted by Crippen LogP contribution is 2.31. The third-order valence-corrected chi connectivity index (χ3v) is 7.58. The number of primary amides is 1. The summed E-state index contributed by atoms with van der Waals surface area (Å²) < 4.78 is 67.7. The van der Waals surface area contributed by atoms with Crippen LogP contribution in [0.1, 0.15) is 22.3 Å². The molecule has 5 amide bonds. The maximum Gasteiger partial charge on any atom is 0.390 e. The Labute approximate surface area is 249 Å². The second-order valence-electron chi connectivity index (χ2n) is 10.2. The van der Waals surface area contributed by atoms with Gasteiger partial charge in [0, 0.05) is 76.0 Å². The van der Waals surface area contributed by atoms with Gasteiger partial charge in [-0.2, -0.15) is 13.2 Å². The lowest BCUT2D eigenvalue weighted by Gasteiger charge is -2.37. The van der Waals surface area contributed by atoms with Gasteiger partial charge in [0.05, 0.1) is 23.4 Å². The minimum Gasteiger partial charge on any atom is -0.367 e. The molecule has 0 atom stereocenters. The van der Waals surface area contributed by atoms with Crippen LogP contribution in [0.4, 0.5) is 42.9 Å². The summed E-state index contributed by atoms with van der Waals surface area (Å²) in [7, 11) is 0. The Bertz CT molecular complexity index is 1350. The van der Waals surface area contributed by atoms with Gasteiger partial charge in [0.15, 0.2) is 11.6 Å². The number of amides is 5. The van der Waals surface area contributed by atoms with E-state index in [9.17, 15) is 31.9 Å². The second kappa shape index (κ2) is 13.6. The molecule has 0 aromatic heterocycles. The molecule has 2 aromatic carbocycles. The maximum atomic E-state index is 15.0. The molecule has 10 nitrogen and oxygen atoms in total. The fraction of sp³-hybridized carbons (Fsp3) is 0.444. The average molecular weight is 632 g/mol. The van der Waals surface area contributed by atoms with Crippen molar-refractivity contribution in [1.82, 2.24) is 20.0 Å². The van der Waals surface area contributed by atoms with Crippen LogP contribution in [0.25, 0.3) is 0 Å². The highest BCUT2D eigenvalue weighted by atomic mass is 35.5. The third-order valence-electron chi connectivity index (χ3n) is 7.35. The van der Waals surface area contributed by atoms with Crippen LogP contribution in [0, 0.1) is 11.6 Å². The Balaban J connectivity index is 1.37. The Morgan fingerprint density at radius 3 is 2.16 bits per heavy atom. The molecule has 0 spiro atoms. The largest absolute Gasteiger partial charge is 0.390 e. The molecular formula is C27H31ClF5N7O3. The molecule has 2 aromatic rings. The molecule has 43 heavy (non-hydrogen) atoms. The van der Waals surface area contributed by atoms with Crippen molar-refractivity contribution in [3.63, 3.8) is 0 Å². The standard InChI is InChI=1S/C27H31ClF5N7O3/c28-18-2-4-20(21(15-18)38-9-7-37(8-10-38)6-5-27(31,32)33)36-24(41)19-3-1-17(22(29)23(19)30)16-35-26(43)40-13-11-39(12-14-40)25(34)42/h1-4,15H,5-14,16H2,(H2,34,42)(H,35,43)(H,36,41). The SMILES string of the molecule is NC(=O)N1CCN(C(=O)NCc2ccc(C(=O)Nc3ccc(Cl)cc3N3CCN(CCC(F)(F)F)CC3)c(F)c2F)CC1. The van der Waals surface area contributed by atoms with E-state index in [-0.39, 0.29) is 50.5 Å². The first-order valence-electron chi connectivity index (χ1n) is 13.5. The summed E-state index contributed by atoms with van der Waals surface area (Å²) in [5.74, 6) is -3.61. The number of benzene rings is 2. The fourth-order valence-electron chi connectivity index (χ4n) is 4.87. The van der Waals surface area contributed by atoms with E-state index < -0.39 is 47.8 Å². The normalized spacial score (nSPS) is 16.3. The summed E-state index contributed by atoms with van der Waals surface area (Å²) in [5, 5.41) is 5.44. The molecule has 0 saturated carbocycles. The highest BCUT2D eigenvalue weighted by molar-refractivity contribution is 6.31. The number of nitrogens with two attached hydrogens (primary N) is 1. The van der Waals surface area contributed by atoms with Gasteiger partial charge in [0.1, 0.15) is 0 Å². The summed E-state index contributed by atoms with van der Waals surface area (Å²) in [6.45, 7) is 1.96. The van der Waals surface area contributed by atoms with Crippen molar-refractivity contribution < 1.29 is 36.3 Å². The zero-order valence-electron chi connectivity index (χ0n) is 23.0. The van der Waals surface area contributed by atoms with Crippen molar-refractivity contribution in [2.45, 2.75) is 19.1 Å². The maximum absolute atomic E-state index is 15.0. The monoisotopic (exact) mass is 631 g/mol. The van der Waals surface area contributed by atoms with E-state index in [1.54, 1.807) is 11.0 Å². The van der Waals surface area contributed by atoms with Crippen LogP contribution in [-0.4, -0.2) is 97.7 Å². The van der Waals surface area contributed by atoms with Crippen LogP contribution in [0.3, 0.4) is 0 Å². The number of carbonyl (C=O) groups excluding carboxylic acids is 3. The topological polar surface area (TPSA) is 114 Å². The number of rotatable bonds is 7. The van der Waals surface area contributed by atoms with Gasteiger partial charge in [-0.1, -0.05) is 17.7 Å². The molecule has 2 aliphatic rings. The van der Waals surface area contributed by atoms with Crippen molar-refractivity contribution in [2.24, 2.45) is 5.73 Å². The Hall–Kier alpha value is -3.85. The first-order valence-corrected chi connectivity index (χ1v) is 13.9. The van der Waals surface area contributed by atoms with E-state index in [0.717, 1.165) is 6.07 Å². The van der Waals surface area contributed by atoms with Crippen LogP contribution in [0.5, 0.6) is 0 Å². The summed E-state index contributed by atoms with van der Waals surface area (Å²) in [6, 6.07) is 5.79. The van der Waals surface area contributed by atoms with E-state index in [0.29, 0.717) is 36.9 Å². The number of anilines is 2. The Morgan fingerprint density at radius 1 is 0.884 bits per heavy atom. The fourth-order valence-corrected chi connectivity index (χ4v) is 5.04. The Kier molecular flexibility index (Phi) is 10.2. The average Bonchev–Trinajstić information content (AvgIpc) is 2.97. The predicted octanol–water partition coefficient (Wildman–Crippen LogP) is 3.85. The molecule has 2 heterocycles. The Morgan fingerprint density at radius 2 is 1.53 bits per heavy atom. The third kappa shape index (κ3) is 8.38. The number of piperazine rings is 2. The molecule has 2 aliphatic heterocycles. The van der Waals surface area contributed by atoms with Gasteiger partial charge in [-0.15, -0.1) is 0 Å². The van der Waals surface area contributed by atoms with E-state index in [4.69, 9.17) is 17.3 Å². The van der Waals surface area contributed by atoms with Gasteiger partial charge < -0.3 is 31.1 Å². The highest BCUT2D eigenvalue weighted by Gasteiger charge is 2.29. The minimum absolute atomic E-state index is 0.116. The van der Waals surface area contributed by atoms with Gasteiger partial charge in [0.25, 0.3) is 5.91 Å². The zero-order valence-corrected chi connectivity index (χ0v) is 23.8. The lowest BCUT2D eigenvalue weighted by atomic mass is 10.1. The first kappa shape index (κ1) is 32.1. The first-order chi connectivity index (χ1) is 20.3. The van der Waals surface area contributed by atoms with Gasteiger partial charge in [-0.3, -0.25) is 9.69 Å². The van der Waals surface area contributed by atoms with Gasteiger partial charge in [0.2, 0.25) is 0 Å². The molecule has 0 unspecified atom stereocenters. The molecule has 4 rings (SSSR count). The van der Waals surface area contributed by atoms with E-state index in [2.05, 4.69) is 10.6 Å². The van der Waals surface area contributed by atoms with Crippen molar-refractivity contribution in [3.8, 4) is 0 Å². The number of nitrogens with one attached hydrogen (secondary N) is 2. The molecular weight excluding hydrogens is 601 g/mol. The summed E-state index contributed by atoms with van der Waals surface area (Å²) in [5.41, 5.74) is 5.26. The van der Waals surface area contributed by atoms with Crippen molar-refractivity contribution in [3.05, 3.63) is 58.1 Å². The zero-order chi connectivity index (χ0) is 31.3. The van der Waals surface area contributed by atoms with Gasteiger partial charge >= 0.3 is 18.2 Å². The van der Waals surface area contributed by atoms with Crippen LogP contribution < -0.4 is 21.3 Å². The van der Waals surface area contributed by atoms with Gasteiger partial charge in [-0.25, -0.2) is 18.4 Å². The molecule has 2 saturated heterocycles. The number of hydrogen-bond donors (Lipinski definition) is 3. The molecule has 0 bridgehead atoms. The number of hydrogen-bond acceptors (Lipinski definition) is 5. The lowest BCUT2D eigenvalue weighted by Crippen LogP contribution is -2.54. The molecule has 0 radical (unpaired) electrons. The van der Waals surface area contributed by atoms with Crippen molar-refractivity contribution >= 4 is 40.9 Å². The number of urea groups is 2. The quantitative estimate of drug-likeness (QED) is 0.402. The number of nitrogens with zero attached hydrogens (tertiary/aromatic N) is 4. The number of alkyl halides is 3. The van der Waals surface area contributed by atoms with Crippen molar-refractivity contribution in [1.29, 1.82) is 0 Å². The van der Waals surface area contributed by atoms with E-state index in [1.807, 2.05) is 4.90 Å². The van der Waals surface area contributed by atoms with Crippen LogP contribution >= 0.6 is 11.6 Å². The van der Waals surface area contributed by atoms with Crippen LogP contribution in [0.15, 0.2) is 30.3 Å². The van der Waals surface area contributed by atoms with E-state index in [1.165, 1.54) is 28.0 Å². The van der Waals surface area contributed by atoms with E-state index >= 15 is 4.39 Å².